The number of aliphatic hydroxyl groups is 1. The number of nitrogens with zero attached hydrogens (tertiary/aromatic N) is 15. The van der Waals surface area contributed by atoms with E-state index in [0.717, 1.165) is 76.8 Å². The molecule has 0 aliphatic carbocycles. The molecule has 2 unspecified atom stereocenters. The number of β-amino-alcohol motifs (C(OH)–C–C–N with tert-alkyl or cyclic N) is 1. The number of likely N-dealkylation sites (tertiary alicyclic amines) is 3. The molecule has 0 saturated carbocycles. The number of aromatic hydroxyl groups is 1. The molecule has 6 aromatic heterocycles. The van der Waals surface area contributed by atoms with Crippen LogP contribution in [0.25, 0.3) is 33.5 Å². The predicted octanol–water partition coefficient (Wildman–Crippen LogP) is 7.65. The van der Waals surface area contributed by atoms with Crippen molar-refractivity contribution >= 4 is 74.6 Å². The van der Waals surface area contributed by atoms with Crippen LogP contribution in [0.3, 0.4) is 0 Å². The Morgan fingerprint density at radius 2 is 1.14 bits per heavy atom. The van der Waals surface area contributed by atoms with Crippen molar-refractivity contribution in [2.24, 2.45) is 21.1 Å². The Kier molecular flexibility index (Phi) is 21.2. The van der Waals surface area contributed by atoms with E-state index in [1.54, 1.807) is 38.2 Å². The number of aryl methyl sites for hydroxylation is 5. The summed E-state index contributed by atoms with van der Waals surface area (Å²) in [5.41, 5.74) is 8.34. The predicted molar refractivity (Wildman–Crippen MR) is 309 cm³/mol. The number of aliphatic hydroxyl groups excluding tert-OH is 1. The van der Waals surface area contributed by atoms with Crippen molar-refractivity contribution in [1.29, 1.82) is 0 Å². The van der Waals surface area contributed by atoms with Crippen LogP contribution in [0, 0.1) is 27.7 Å². The van der Waals surface area contributed by atoms with E-state index in [0.29, 0.717) is 96.3 Å². The molecular weight excluding hydrogens is 1080 g/mol. The topological polar surface area (TPSA) is 260 Å². The Labute approximate surface area is 480 Å². The highest BCUT2D eigenvalue weighted by Crippen LogP contribution is 2.32. The van der Waals surface area contributed by atoms with E-state index in [-0.39, 0.29) is 36.0 Å². The highest BCUT2D eigenvalue weighted by Gasteiger charge is 2.30. The maximum absolute atomic E-state index is 11.9. The molecule has 3 fully saturated rings. The lowest BCUT2D eigenvalue weighted by Crippen LogP contribution is -2.30. The standard InChI is InChI=1S/C21H25N5O3.C14H19N5O2S.C8H10O.C7H13NO2.C6H5ClN4/c1-5-17(27)26-10-9-15(11-26)28-20-18-19(22-12-23-20)25(4)21(24-18)29-16-8-6-7-13(2)14(16)3;1-4-10(20)19-6-5-9(7-19)21-13-11-12(15-8-16-13)18(2)14(17-11)22-3;1-6-4-3-5-8(9)7(6)2;1-2-7(10)8-4-3-6(9)5-8;1-11-3-10-4-5(7)8-2-9-6(4)11/h6-8,12,15H,5,9-11H2,1-4H3;8-9H,4-7H2,1-3H3;3-5,9H,1-2H3;6,9H,2-5H2,1H3;2-3H,1H3/t;;;6-;/m...0./s1. The van der Waals surface area contributed by atoms with Gasteiger partial charge in [-0.2, -0.15) is 15.0 Å². The number of halogens is 1. The number of hydrogen-bond acceptors (Lipinski definition) is 18. The van der Waals surface area contributed by atoms with Crippen LogP contribution in [-0.2, 0) is 35.5 Å². The second-order valence-corrected chi connectivity index (χ2v) is 20.7. The van der Waals surface area contributed by atoms with Gasteiger partial charge >= 0.3 is 6.01 Å². The van der Waals surface area contributed by atoms with Gasteiger partial charge in [0.1, 0.15) is 48.2 Å². The number of fused-ring (bicyclic) bond motifs is 3. The fraction of sp³-hybridized carbons (Fsp3) is 0.464. The van der Waals surface area contributed by atoms with Gasteiger partial charge in [-0.3, -0.25) is 19.0 Å². The van der Waals surface area contributed by atoms with Gasteiger partial charge in [0.25, 0.3) is 0 Å². The second-order valence-electron chi connectivity index (χ2n) is 19.6. The van der Waals surface area contributed by atoms with E-state index >= 15 is 0 Å². The number of hydrogen-bond donors (Lipinski definition) is 2. The van der Waals surface area contributed by atoms with Gasteiger partial charge in [-0.25, -0.2) is 29.9 Å². The molecule has 3 aliphatic heterocycles. The summed E-state index contributed by atoms with van der Waals surface area (Å²) in [5.74, 6) is 2.51. The second kappa shape index (κ2) is 28.1. The SMILES string of the molecule is CCC(=O)N1CCC(Oc2ncnc3c2nc(Oc2cccc(C)c2C)n3C)C1.CCC(=O)N1CCC(Oc2ncnc3c2nc(SC)n3C)C1.CCC(=O)N1CC[C@H](O)C1.Cc1cccc(O)c1C.Cn1cnc2c(Cl)ncnc21. The van der Waals surface area contributed by atoms with E-state index in [2.05, 4.69) is 44.9 Å². The van der Waals surface area contributed by atoms with Crippen molar-refractivity contribution in [3.8, 4) is 29.3 Å². The van der Waals surface area contributed by atoms with Crippen LogP contribution in [0.1, 0.15) is 81.5 Å². The monoisotopic (exact) mass is 1150 g/mol. The van der Waals surface area contributed by atoms with E-state index in [1.807, 2.05) is 121 Å². The van der Waals surface area contributed by atoms with Crippen LogP contribution in [0.4, 0.5) is 0 Å². The zero-order chi connectivity index (χ0) is 58.5. The maximum atomic E-state index is 11.9. The first-order valence-electron chi connectivity index (χ1n) is 26.9. The fourth-order valence-electron chi connectivity index (χ4n) is 9.01. The Bertz CT molecular complexity index is 3440. The summed E-state index contributed by atoms with van der Waals surface area (Å²) in [6.45, 7) is 17.4. The minimum atomic E-state index is -0.282. The van der Waals surface area contributed by atoms with Gasteiger partial charge in [0.05, 0.1) is 25.5 Å². The number of aromatic nitrogens is 12. The lowest BCUT2D eigenvalue weighted by Gasteiger charge is -2.16. The van der Waals surface area contributed by atoms with Crippen molar-refractivity contribution in [2.75, 3.05) is 45.5 Å². The summed E-state index contributed by atoms with van der Waals surface area (Å²) < 4.78 is 23.7. The molecule has 2 aromatic carbocycles. The summed E-state index contributed by atoms with van der Waals surface area (Å²) in [7, 11) is 5.64. The Morgan fingerprint density at radius 1 is 0.630 bits per heavy atom. The molecule has 3 amide bonds. The number of benzene rings is 2. The molecule has 81 heavy (non-hydrogen) atoms. The highest BCUT2D eigenvalue weighted by atomic mass is 35.5. The third kappa shape index (κ3) is 15.0. The van der Waals surface area contributed by atoms with Gasteiger partial charge in [-0.05, 0) is 74.8 Å². The Balaban J connectivity index is 0.000000159. The normalized spacial score (nSPS) is 16.5. The van der Waals surface area contributed by atoms with Crippen LogP contribution in [0.15, 0.2) is 66.9 Å². The molecular formula is C56H72ClN15O8S. The number of thioether (sulfide) groups is 1. The molecule has 23 nitrogen and oxygen atoms in total. The summed E-state index contributed by atoms with van der Waals surface area (Å²) in [6.07, 6.45) is 11.5. The van der Waals surface area contributed by atoms with Gasteiger partial charge in [-0.15, -0.1) is 0 Å². The molecule has 9 heterocycles. The summed E-state index contributed by atoms with van der Waals surface area (Å²) >= 11 is 7.30. The number of amides is 3. The largest absolute Gasteiger partial charge is 0.508 e. The molecule has 0 radical (unpaired) electrons. The zero-order valence-electron chi connectivity index (χ0n) is 47.8. The average Bonchev–Trinajstić information content (AvgIpc) is 4.56. The summed E-state index contributed by atoms with van der Waals surface area (Å²) in [6, 6.07) is 11.9. The van der Waals surface area contributed by atoms with Gasteiger partial charge < -0.3 is 48.3 Å². The number of carbonyl (C=O) groups is 3. The maximum Gasteiger partial charge on any atom is 0.304 e. The minimum absolute atomic E-state index is 0.0339. The van der Waals surface area contributed by atoms with Crippen molar-refractivity contribution in [2.45, 2.75) is 110 Å². The first-order chi connectivity index (χ1) is 38.8. The smallest absolute Gasteiger partial charge is 0.304 e. The molecule has 11 rings (SSSR count). The van der Waals surface area contributed by atoms with Crippen LogP contribution in [0.5, 0.6) is 29.3 Å². The first kappa shape index (κ1) is 60.9. The zero-order valence-corrected chi connectivity index (χ0v) is 49.4. The molecule has 0 bridgehead atoms. The molecule has 3 saturated heterocycles. The van der Waals surface area contributed by atoms with E-state index in [1.165, 1.54) is 19.0 Å². The number of imidazole rings is 3. The molecule has 3 atom stereocenters. The highest BCUT2D eigenvalue weighted by molar-refractivity contribution is 7.98. The molecule has 25 heteroatoms. The lowest BCUT2D eigenvalue weighted by atomic mass is 10.1. The minimum Gasteiger partial charge on any atom is -0.508 e. The number of rotatable bonds is 10. The number of phenolic OH excluding ortho intramolecular Hbond substituents is 1. The molecule has 432 valence electrons. The van der Waals surface area contributed by atoms with Crippen LogP contribution < -0.4 is 14.2 Å². The van der Waals surface area contributed by atoms with Crippen LogP contribution in [0.2, 0.25) is 5.15 Å². The van der Waals surface area contributed by atoms with Crippen LogP contribution >= 0.6 is 23.4 Å². The van der Waals surface area contributed by atoms with Gasteiger partial charge in [0.15, 0.2) is 38.3 Å². The van der Waals surface area contributed by atoms with Crippen molar-refractivity contribution < 1.29 is 38.8 Å². The third-order valence-electron chi connectivity index (χ3n) is 14.1. The van der Waals surface area contributed by atoms with Crippen molar-refractivity contribution in [1.82, 2.24) is 73.3 Å². The summed E-state index contributed by atoms with van der Waals surface area (Å²) in [4.78, 5) is 78.1. The fourth-order valence-corrected chi connectivity index (χ4v) is 9.73. The lowest BCUT2D eigenvalue weighted by molar-refractivity contribution is -0.130. The van der Waals surface area contributed by atoms with Gasteiger partial charge in [0, 0.05) is 79.4 Å². The number of phenols is 1. The Hall–Kier alpha value is -7.70. The Morgan fingerprint density at radius 3 is 1.65 bits per heavy atom. The van der Waals surface area contributed by atoms with E-state index in [9.17, 15) is 14.4 Å². The third-order valence-corrected chi connectivity index (χ3v) is 15.1. The first-order valence-corrected chi connectivity index (χ1v) is 28.5. The van der Waals surface area contributed by atoms with Gasteiger partial charge in [-0.1, -0.05) is 68.4 Å². The van der Waals surface area contributed by atoms with E-state index in [4.69, 9.17) is 36.0 Å². The molecule has 2 N–H and O–H groups in total. The van der Waals surface area contributed by atoms with Gasteiger partial charge in [0.2, 0.25) is 29.5 Å². The van der Waals surface area contributed by atoms with Crippen molar-refractivity contribution in [3.63, 3.8) is 0 Å². The molecule has 3 aliphatic rings. The van der Waals surface area contributed by atoms with E-state index < -0.39 is 0 Å². The molecule has 8 aromatic rings. The molecule has 0 spiro atoms. The number of ether oxygens (including phenoxy) is 3. The summed E-state index contributed by atoms with van der Waals surface area (Å²) in [5, 5.41) is 19.4. The average molecular weight is 1150 g/mol. The van der Waals surface area contributed by atoms with Crippen LogP contribution in [-0.4, -0.2) is 165 Å². The quantitative estimate of drug-likeness (QED) is 0.0984. The van der Waals surface area contributed by atoms with Crippen molar-refractivity contribution in [3.05, 3.63) is 89.1 Å². The number of carbonyl (C=O) groups excluding carboxylic acids is 3.